The summed E-state index contributed by atoms with van der Waals surface area (Å²) in [5.74, 6) is 0.413. The molecule has 0 amide bonds. The smallest absolute Gasteiger partial charge is 0.165 e. The van der Waals surface area contributed by atoms with Gasteiger partial charge in [0.15, 0.2) is 5.78 Å². The van der Waals surface area contributed by atoms with Gasteiger partial charge < -0.3 is 10.5 Å². The maximum absolute atomic E-state index is 12.0. The van der Waals surface area contributed by atoms with Gasteiger partial charge in [0.2, 0.25) is 0 Å². The maximum atomic E-state index is 12.0. The second-order valence-corrected chi connectivity index (χ2v) is 6.66. The number of sulfone groups is 1. The van der Waals surface area contributed by atoms with Crippen molar-refractivity contribution in [2.24, 2.45) is 0 Å². The molecule has 0 aliphatic heterocycles. The summed E-state index contributed by atoms with van der Waals surface area (Å²) in [7, 11) is -1.55. The molecular weight excluding hydrogens is 266 g/mol. The van der Waals surface area contributed by atoms with Gasteiger partial charge in [-0.05, 0) is 18.6 Å². The van der Waals surface area contributed by atoms with E-state index in [1.165, 1.54) is 7.11 Å². The molecule has 0 saturated carbocycles. The summed E-state index contributed by atoms with van der Waals surface area (Å²) in [6, 6.07) is 4.98. The Kier molecular flexibility index (Phi) is 5.35. The van der Waals surface area contributed by atoms with Crippen molar-refractivity contribution >= 4 is 21.3 Å². The molecule has 0 fully saturated rings. The zero-order valence-electron chi connectivity index (χ0n) is 11.2. The fraction of sp³-hybridized carbons (Fsp3) is 0.462. The molecule has 0 bridgehead atoms. The number of nitrogens with two attached hydrogens (primary N) is 1. The molecule has 19 heavy (non-hydrogen) atoms. The Hall–Kier alpha value is -1.56. The van der Waals surface area contributed by atoms with Gasteiger partial charge in [-0.3, -0.25) is 4.79 Å². The number of Topliss-reactive ketones (excluding diaryl/α,β-unsaturated/α-hetero) is 1. The van der Waals surface area contributed by atoms with Crippen molar-refractivity contribution < 1.29 is 17.9 Å². The molecule has 1 aromatic carbocycles. The monoisotopic (exact) mass is 285 g/mol. The minimum Gasteiger partial charge on any atom is -0.495 e. The average molecular weight is 285 g/mol. The van der Waals surface area contributed by atoms with E-state index >= 15 is 0 Å². The van der Waals surface area contributed by atoms with Crippen molar-refractivity contribution in [3.8, 4) is 5.75 Å². The zero-order valence-corrected chi connectivity index (χ0v) is 12.0. The Morgan fingerprint density at radius 1 is 1.37 bits per heavy atom. The molecule has 106 valence electrons. The predicted octanol–water partition coefficient (Wildman–Crippen LogP) is 1.68. The zero-order chi connectivity index (χ0) is 14.5. The van der Waals surface area contributed by atoms with E-state index in [1.807, 2.05) is 0 Å². The van der Waals surface area contributed by atoms with Gasteiger partial charge in [-0.25, -0.2) is 8.42 Å². The van der Waals surface area contributed by atoms with Crippen LogP contribution >= 0.6 is 0 Å². The second-order valence-electron chi connectivity index (χ2n) is 4.18. The largest absolute Gasteiger partial charge is 0.495 e. The van der Waals surface area contributed by atoms with E-state index in [2.05, 4.69) is 0 Å². The van der Waals surface area contributed by atoms with Crippen LogP contribution in [0.2, 0.25) is 0 Å². The van der Waals surface area contributed by atoms with Gasteiger partial charge in [-0.1, -0.05) is 13.0 Å². The summed E-state index contributed by atoms with van der Waals surface area (Å²) in [4.78, 5) is 12.0. The number of benzene rings is 1. The second kappa shape index (κ2) is 6.56. The van der Waals surface area contributed by atoms with Crippen LogP contribution < -0.4 is 10.5 Å². The SMILES string of the molecule is CCS(=O)(=O)CCCC(=O)c1cccc(OC)c1N. The highest BCUT2D eigenvalue weighted by Crippen LogP contribution is 2.25. The molecule has 0 aliphatic rings. The van der Waals surface area contributed by atoms with Crippen molar-refractivity contribution in [1.29, 1.82) is 0 Å². The third kappa shape index (κ3) is 4.24. The minimum atomic E-state index is -3.03. The molecule has 0 aromatic heterocycles. The van der Waals surface area contributed by atoms with Crippen LogP contribution in [0.4, 0.5) is 5.69 Å². The lowest BCUT2D eigenvalue weighted by atomic mass is 10.0. The molecule has 0 unspecified atom stereocenters. The van der Waals surface area contributed by atoms with Gasteiger partial charge in [0.25, 0.3) is 0 Å². The highest BCUT2D eigenvalue weighted by Gasteiger charge is 2.14. The normalized spacial score (nSPS) is 11.3. The number of nitrogen functional groups attached to an aromatic ring is 1. The Morgan fingerprint density at radius 3 is 2.63 bits per heavy atom. The predicted molar refractivity (Wildman–Crippen MR) is 75.3 cm³/mol. The highest BCUT2D eigenvalue weighted by atomic mass is 32.2. The lowest BCUT2D eigenvalue weighted by molar-refractivity contribution is 0.0982. The van der Waals surface area contributed by atoms with E-state index in [9.17, 15) is 13.2 Å². The van der Waals surface area contributed by atoms with E-state index in [0.717, 1.165) is 0 Å². The van der Waals surface area contributed by atoms with E-state index < -0.39 is 9.84 Å². The fourth-order valence-corrected chi connectivity index (χ4v) is 2.57. The van der Waals surface area contributed by atoms with Crippen LogP contribution in [0.25, 0.3) is 0 Å². The number of carbonyl (C=O) groups excluding carboxylic acids is 1. The third-order valence-corrected chi connectivity index (χ3v) is 4.68. The number of anilines is 1. The minimum absolute atomic E-state index is 0.0269. The van der Waals surface area contributed by atoms with Gasteiger partial charge in [0, 0.05) is 17.7 Å². The van der Waals surface area contributed by atoms with Gasteiger partial charge in [-0.2, -0.15) is 0 Å². The van der Waals surface area contributed by atoms with Gasteiger partial charge >= 0.3 is 0 Å². The Labute approximate surface area is 113 Å². The van der Waals surface area contributed by atoms with Crippen LogP contribution in [0.15, 0.2) is 18.2 Å². The van der Waals surface area contributed by atoms with Crippen molar-refractivity contribution in [3.05, 3.63) is 23.8 Å². The number of hydrogen-bond donors (Lipinski definition) is 1. The van der Waals surface area contributed by atoms with Crippen LogP contribution in [0.1, 0.15) is 30.1 Å². The average Bonchev–Trinajstić information content (AvgIpc) is 2.38. The van der Waals surface area contributed by atoms with Crippen LogP contribution in [-0.2, 0) is 9.84 Å². The fourth-order valence-electron chi connectivity index (χ4n) is 1.70. The van der Waals surface area contributed by atoms with E-state index in [4.69, 9.17) is 10.5 Å². The molecule has 0 radical (unpaired) electrons. The Morgan fingerprint density at radius 2 is 2.05 bits per heavy atom. The molecule has 5 nitrogen and oxygen atoms in total. The third-order valence-electron chi connectivity index (χ3n) is 2.89. The van der Waals surface area contributed by atoms with E-state index in [0.29, 0.717) is 23.4 Å². The summed E-state index contributed by atoms with van der Waals surface area (Å²) in [6.45, 7) is 1.59. The number of carbonyl (C=O) groups is 1. The Bertz CT molecular complexity index is 552. The molecule has 0 atom stereocenters. The first-order valence-electron chi connectivity index (χ1n) is 6.07. The molecule has 1 aromatic rings. The quantitative estimate of drug-likeness (QED) is 0.608. The summed E-state index contributed by atoms with van der Waals surface area (Å²) >= 11 is 0. The first-order chi connectivity index (χ1) is 8.91. The first kappa shape index (κ1) is 15.5. The van der Waals surface area contributed by atoms with Crippen LogP contribution in [0, 0.1) is 0 Å². The van der Waals surface area contributed by atoms with Gasteiger partial charge in [0.05, 0.1) is 18.6 Å². The van der Waals surface area contributed by atoms with Crippen LogP contribution in [0.3, 0.4) is 0 Å². The molecule has 0 saturated heterocycles. The molecule has 2 N–H and O–H groups in total. The Balaban J connectivity index is 2.69. The molecule has 0 heterocycles. The number of ketones is 1. The lowest BCUT2D eigenvalue weighted by Gasteiger charge is -2.09. The van der Waals surface area contributed by atoms with Crippen LogP contribution in [-0.4, -0.2) is 32.8 Å². The molecule has 1 rings (SSSR count). The van der Waals surface area contributed by atoms with E-state index in [1.54, 1.807) is 25.1 Å². The maximum Gasteiger partial charge on any atom is 0.165 e. The van der Waals surface area contributed by atoms with Crippen molar-refractivity contribution in [2.45, 2.75) is 19.8 Å². The topological polar surface area (TPSA) is 86.5 Å². The van der Waals surface area contributed by atoms with Gasteiger partial charge in [0.1, 0.15) is 15.6 Å². The first-order valence-corrected chi connectivity index (χ1v) is 7.89. The standard InChI is InChI=1S/C13H19NO4S/c1-3-19(16,17)9-5-7-11(15)10-6-4-8-12(18-2)13(10)14/h4,6,8H,3,5,7,9,14H2,1-2H3. The number of rotatable bonds is 7. The molecular formula is C13H19NO4S. The van der Waals surface area contributed by atoms with Crippen LogP contribution in [0.5, 0.6) is 5.75 Å². The summed E-state index contributed by atoms with van der Waals surface area (Å²) in [5, 5.41) is 0. The number of para-hydroxylation sites is 1. The number of hydrogen-bond acceptors (Lipinski definition) is 5. The molecule has 6 heteroatoms. The van der Waals surface area contributed by atoms with Crippen molar-refractivity contribution in [3.63, 3.8) is 0 Å². The summed E-state index contributed by atoms with van der Waals surface area (Å²) in [6.07, 6.45) is 0.474. The molecule has 0 spiro atoms. The number of methoxy groups -OCH3 is 1. The molecule has 0 aliphatic carbocycles. The highest BCUT2D eigenvalue weighted by molar-refractivity contribution is 7.91. The van der Waals surface area contributed by atoms with Crippen molar-refractivity contribution in [1.82, 2.24) is 0 Å². The summed E-state index contributed by atoms with van der Waals surface area (Å²) in [5.41, 5.74) is 6.50. The van der Waals surface area contributed by atoms with Gasteiger partial charge in [-0.15, -0.1) is 0 Å². The lowest BCUT2D eigenvalue weighted by Crippen LogP contribution is -2.11. The van der Waals surface area contributed by atoms with E-state index in [-0.39, 0.29) is 23.7 Å². The summed E-state index contributed by atoms with van der Waals surface area (Å²) < 4.78 is 27.7. The number of ether oxygens (including phenoxy) is 1. The van der Waals surface area contributed by atoms with Crippen molar-refractivity contribution in [2.75, 3.05) is 24.3 Å².